The Morgan fingerprint density at radius 1 is 1.10 bits per heavy atom. The van der Waals surface area contributed by atoms with Gasteiger partial charge in [-0.25, -0.2) is 0 Å². The van der Waals surface area contributed by atoms with Gasteiger partial charge in [0.05, 0.1) is 17.8 Å². The van der Waals surface area contributed by atoms with E-state index in [4.69, 9.17) is 10.5 Å². The molecular formula is C18H20N2O. The number of ether oxygens (including phenoxy) is 1. The van der Waals surface area contributed by atoms with Crippen molar-refractivity contribution in [3.63, 3.8) is 0 Å². The molecule has 0 saturated carbocycles. The Kier molecular flexibility index (Phi) is 3.57. The van der Waals surface area contributed by atoms with Gasteiger partial charge in [0.1, 0.15) is 5.75 Å². The van der Waals surface area contributed by atoms with Gasteiger partial charge in [-0.3, -0.25) is 0 Å². The Morgan fingerprint density at radius 2 is 1.86 bits per heavy atom. The zero-order valence-corrected chi connectivity index (χ0v) is 12.4. The first kappa shape index (κ1) is 13.6. The summed E-state index contributed by atoms with van der Waals surface area (Å²) in [6.45, 7) is 4.82. The predicted molar refractivity (Wildman–Crippen MR) is 87.8 cm³/mol. The Bertz CT molecular complexity index is 757. The van der Waals surface area contributed by atoms with Crippen LogP contribution in [0.15, 0.2) is 42.6 Å². The van der Waals surface area contributed by atoms with E-state index in [0.717, 1.165) is 34.3 Å². The first-order valence-electron chi connectivity index (χ1n) is 7.19. The normalized spacial score (nSPS) is 11.0. The van der Waals surface area contributed by atoms with E-state index in [1.807, 2.05) is 18.3 Å². The van der Waals surface area contributed by atoms with Gasteiger partial charge >= 0.3 is 0 Å². The number of anilines is 1. The average Bonchev–Trinajstić information content (AvgIpc) is 2.83. The van der Waals surface area contributed by atoms with Gasteiger partial charge in [0.15, 0.2) is 0 Å². The van der Waals surface area contributed by atoms with Crippen LogP contribution in [0.2, 0.25) is 0 Å². The highest BCUT2D eigenvalue weighted by atomic mass is 16.5. The summed E-state index contributed by atoms with van der Waals surface area (Å²) in [6.07, 6.45) is 2.73. The zero-order valence-electron chi connectivity index (χ0n) is 12.4. The Labute approximate surface area is 124 Å². The van der Waals surface area contributed by atoms with Crippen molar-refractivity contribution in [2.24, 2.45) is 0 Å². The molecule has 0 spiro atoms. The SMILES string of the molecule is Cc1ccc(CCOc2cc(C)c3[nH]cc(N)c3c2)cc1. The monoisotopic (exact) mass is 280 g/mol. The van der Waals surface area contributed by atoms with Crippen molar-refractivity contribution in [1.29, 1.82) is 0 Å². The van der Waals surface area contributed by atoms with Crippen LogP contribution in [-0.4, -0.2) is 11.6 Å². The number of rotatable bonds is 4. The molecule has 0 aliphatic rings. The van der Waals surface area contributed by atoms with E-state index in [9.17, 15) is 0 Å². The van der Waals surface area contributed by atoms with Gasteiger partial charge in [0.25, 0.3) is 0 Å². The molecule has 3 aromatic rings. The first-order valence-corrected chi connectivity index (χ1v) is 7.19. The lowest BCUT2D eigenvalue weighted by Crippen LogP contribution is -2.01. The number of hydrogen-bond acceptors (Lipinski definition) is 2. The van der Waals surface area contributed by atoms with E-state index in [2.05, 4.69) is 43.1 Å². The lowest BCUT2D eigenvalue weighted by atomic mass is 10.1. The van der Waals surface area contributed by atoms with Gasteiger partial charge < -0.3 is 15.5 Å². The lowest BCUT2D eigenvalue weighted by molar-refractivity contribution is 0.322. The molecular weight excluding hydrogens is 260 g/mol. The van der Waals surface area contributed by atoms with Crippen LogP contribution in [0.3, 0.4) is 0 Å². The molecule has 0 aliphatic heterocycles. The molecule has 3 heteroatoms. The molecule has 1 heterocycles. The van der Waals surface area contributed by atoms with Gasteiger partial charge in [0, 0.05) is 18.0 Å². The molecule has 2 aromatic carbocycles. The van der Waals surface area contributed by atoms with Crippen LogP contribution < -0.4 is 10.5 Å². The first-order chi connectivity index (χ1) is 10.1. The zero-order chi connectivity index (χ0) is 14.8. The highest BCUT2D eigenvalue weighted by molar-refractivity contribution is 5.94. The van der Waals surface area contributed by atoms with E-state index >= 15 is 0 Å². The van der Waals surface area contributed by atoms with Gasteiger partial charge in [-0.15, -0.1) is 0 Å². The molecule has 0 atom stereocenters. The van der Waals surface area contributed by atoms with Crippen LogP contribution in [-0.2, 0) is 6.42 Å². The maximum Gasteiger partial charge on any atom is 0.120 e. The van der Waals surface area contributed by atoms with Gasteiger partial charge in [-0.05, 0) is 37.1 Å². The standard InChI is InChI=1S/C18H20N2O/c1-12-3-5-14(6-4-12)7-8-21-15-9-13(2)18-16(10-15)17(19)11-20-18/h3-6,9-11,20H,7-8,19H2,1-2H3. The fourth-order valence-corrected chi connectivity index (χ4v) is 2.53. The summed E-state index contributed by atoms with van der Waals surface area (Å²) in [5.41, 5.74) is 11.5. The summed E-state index contributed by atoms with van der Waals surface area (Å²) < 4.78 is 5.88. The quantitative estimate of drug-likeness (QED) is 0.759. The number of nitrogens with two attached hydrogens (primary N) is 1. The molecule has 3 N–H and O–H groups in total. The van der Waals surface area contributed by atoms with Crippen molar-refractivity contribution in [3.05, 3.63) is 59.3 Å². The van der Waals surface area contributed by atoms with Crippen molar-refractivity contribution >= 4 is 16.6 Å². The van der Waals surface area contributed by atoms with Gasteiger partial charge in [-0.2, -0.15) is 0 Å². The van der Waals surface area contributed by atoms with Crippen LogP contribution in [0.1, 0.15) is 16.7 Å². The van der Waals surface area contributed by atoms with E-state index < -0.39 is 0 Å². The number of aromatic nitrogens is 1. The average molecular weight is 280 g/mol. The number of hydrogen-bond donors (Lipinski definition) is 2. The highest BCUT2D eigenvalue weighted by Crippen LogP contribution is 2.28. The van der Waals surface area contributed by atoms with Crippen molar-refractivity contribution in [1.82, 2.24) is 4.98 Å². The molecule has 0 bridgehead atoms. The number of nitrogens with one attached hydrogen (secondary N) is 1. The van der Waals surface area contributed by atoms with Crippen LogP contribution in [0.4, 0.5) is 5.69 Å². The molecule has 3 rings (SSSR count). The van der Waals surface area contributed by atoms with Crippen LogP contribution in [0.25, 0.3) is 10.9 Å². The lowest BCUT2D eigenvalue weighted by Gasteiger charge is -2.08. The second-order valence-electron chi connectivity index (χ2n) is 5.49. The summed E-state index contributed by atoms with van der Waals surface area (Å²) in [5, 5.41) is 1.03. The third kappa shape index (κ3) is 2.87. The van der Waals surface area contributed by atoms with Crippen molar-refractivity contribution in [3.8, 4) is 5.75 Å². The summed E-state index contributed by atoms with van der Waals surface area (Å²) >= 11 is 0. The Hall–Kier alpha value is -2.42. The molecule has 0 saturated heterocycles. The topological polar surface area (TPSA) is 51.0 Å². The Balaban J connectivity index is 1.70. The maximum absolute atomic E-state index is 5.96. The third-order valence-electron chi connectivity index (χ3n) is 3.77. The molecule has 0 radical (unpaired) electrons. The summed E-state index contributed by atoms with van der Waals surface area (Å²) in [6, 6.07) is 12.6. The minimum absolute atomic E-state index is 0.665. The minimum Gasteiger partial charge on any atom is -0.493 e. The van der Waals surface area contributed by atoms with E-state index in [1.54, 1.807) is 0 Å². The molecule has 1 aromatic heterocycles. The fraction of sp³-hybridized carbons (Fsp3) is 0.222. The molecule has 108 valence electrons. The Morgan fingerprint density at radius 3 is 2.62 bits per heavy atom. The van der Waals surface area contributed by atoms with Crippen LogP contribution >= 0.6 is 0 Å². The van der Waals surface area contributed by atoms with Crippen molar-refractivity contribution < 1.29 is 4.74 Å². The van der Waals surface area contributed by atoms with Crippen LogP contribution in [0.5, 0.6) is 5.75 Å². The van der Waals surface area contributed by atoms with Gasteiger partial charge in [-0.1, -0.05) is 29.8 Å². The molecule has 3 nitrogen and oxygen atoms in total. The number of H-pyrrole nitrogens is 1. The second-order valence-corrected chi connectivity index (χ2v) is 5.49. The van der Waals surface area contributed by atoms with Gasteiger partial charge in [0.2, 0.25) is 0 Å². The molecule has 0 amide bonds. The van der Waals surface area contributed by atoms with Crippen molar-refractivity contribution in [2.75, 3.05) is 12.3 Å². The summed E-state index contributed by atoms with van der Waals surface area (Å²) in [7, 11) is 0. The van der Waals surface area contributed by atoms with Crippen LogP contribution in [0, 0.1) is 13.8 Å². The molecule has 0 aliphatic carbocycles. The number of aryl methyl sites for hydroxylation is 2. The van der Waals surface area contributed by atoms with E-state index in [1.165, 1.54) is 11.1 Å². The highest BCUT2D eigenvalue weighted by Gasteiger charge is 2.06. The minimum atomic E-state index is 0.665. The number of benzene rings is 2. The predicted octanol–water partition coefficient (Wildman–Crippen LogP) is 3.99. The summed E-state index contributed by atoms with van der Waals surface area (Å²) in [4.78, 5) is 3.19. The second kappa shape index (κ2) is 5.52. The maximum atomic E-state index is 5.96. The smallest absolute Gasteiger partial charge is 0.120 e. The number of fused-ring (bicyclic) bond motifs is 1. The molecule has 0 fully saturated rings. The number of aromatic amines is 1. The third-order valence-corrected chi connectivity index (χ3v) is 3.77. The van der Waals surface area contributed by atoms with Crippen molar-refractivity contribution in [2.45, 2.75) is 20.3 Å². The van der Waals surface area contributed by atoms with E-state index in [0.29, 0.717) is 6.61 Å². The largest absolute Gasteiger partial charge is 0.493 e. The summed E-state index contributed by atoms with van der Waals surface area (Å²) in [5.74, 6) is 0.874. The van der Waals surface area contributed by atoms with E-state index in [-0.39, 0.29) is 0 Å². The fourth-order valence-electron chi connectivity index (χ4n) is 2.53. The molecule has 21 heavy (non-hydrogen) atoms. The number of nitrogen functional groups attached to an aromatic ring is 1. The molecule has 0 unspecified atom stereocenters.